The summed E-state index contributed by atoms with van der Waals surface area (Å²) in [7, 11) is 1.54. The molecule has 4 nitrogen and oxygen atoms in total. The highest BCUT2D eigenvalue weighted by Crippen LogP contribution is 2.48. The van der Waals surface area contributed by atoms with Crippen molar-refractivity contribution in [1.29, 1.82) is 0 Å². The van der Waals surface area contributed by atoms with Crippen LogP contribution in [0.25, 0.3) is 54.6 Å². The summed E-state index contributed by atoms with van der Waals surface area (Å²) in [5, 5.41) is 9.76. The highest BCUT2D eigenvalue weighted by Gasteiger charge is 2.44. The molecule has 4 aliphatic rings. The Hall–Kier alpha value is -5.65. The van der Waals surface area contributed by atoms with Crippen LogP contribution < -0.4 is 56.9 Å². The summed E-state index contributed by atoms with van der Waals surface area (Å²) in [6, 6.07) is 32.2. The third kappa shape index (κ3) is 3.94. The van der Waals surface area contributed by atoms with Crippen molar-refractivity contribution >= 4 is 91.8 Å². The van der Waals surface area contributed by atoms with Gasteiger partial charge in [-0.05, 0) is 138 Å². The van der Waals surface area contributed by atoms with Gasteiger partial charge >= 0.3 is 0 Å². The Bertz CT molecular complexity index is 3110. The summed E-state index contributed by atoms with van der Waals surface area (Å²) in [6.07, 6.45) is 0. The molecule has 0 aliphatic carbocycles. The molecule has 0 amide bonds. The molecular weight excluding hydrogens is 690 g/mol. The van der Waals surface area contributed by atoms with Gasteiger partial charge in [0.05, 0.1) is 22.3 Å². The molecule has 0 saturated carbocycles. The number of benzene rings is 8. The maximum atomic E-state index is 6.82. The smallest absolute Gasteiger partial charge is 0.252 e. The van der Waals surface area contributed by atoms with Crippen molar-refractivity contribution in [3.8, 4) is 56.8 Å². The Labute approximate surface area is 322 Å². The first-order valence-corrected chi connectivity index (χ1v) is 22.9. The van der Waals surface area contributed by atoms with Gasteiger partial charge in [-0.3, -0.25) is 0 Å². The van der Waals surface area contributed by atoms with Crippen LogP contribution in [0.4, 0.5) is 0 Å². The lowest BCUT2D eigenvalue weighted by Crippen LogP contribution is -2.58. The Kier molecular flexibility index (Phi) is 5.96. The molecule has 0 unspecified atom stereocenters. The van der Waals surface area contributed by atoms with Crippen LogP contribution in [0.15, 0.2) is 84.9 Å². The highest BCUT2D eigenvalue weighted by molar-refractivity contribution is 7.02. The van der Waals surface area contributed by atoms with Crippen LogP contribution in [0, 0.1) is 20.8 Å². The van der Waals surface area contributed by atoms with E-state index in [2.05, 4.69) is 119 Å². The summed E-state index contributed by atoms with van der Waals surface area (Å²) >= 11 is 0. The first-order valence-electron chi connectivity index (χ1n) is 19.4. The van der Waals surface area contributed by atoms with Gasteiger partial charge in [-0.1, -0.05) is 84.3 Å². The third-order valence-electron chi connectivity index (χ3n) is 13.0. The van der Waals surface area contributed by atoms with Gasteiger partial charge in [0.15, 0.2) is 0 Å². The van der Waals surface area contributed by atoms with E-state index in [9.17, 15) is 0 Å². The summed E-state index contributed by atoms with van der Waals surface area (Å²) in [5.41, 5.74) is 16.5. The van der Waals surface area contributed by atoms with Crippen molar-refractivity contribution in [3.63, 3.8) is 0 Å². The maximum absolute atomic E-state index is 6.82. The van der Waals surface area contributed by atoms with Crippen LogP contribution in [0.3, 0.4) is 0 Å². The number of hydrogen-bond donors (Lipinski definition) is 0. The van der Waals surface area contributed by atoms with E-state index in [1.807, 2.05) is 6.07 Å². The van der Waals surface area contributed by atoms with Gasteiger partial charge in [-0.2, -0.15) is 0 Å². The zero-order valence-electron chi connectivity index (χ0n) is 32.4. The number of rotatable bonds is 3. The van der Waals surface area contributed by atoms with Crippen molar-refractivity contribution in [2.24, 2.45) is 0 Å². The maximum Gasteiger partial charge on any atom is 0.252 e. The molecule has 0 spiro atoms. The molecule has 55 heavy (non-hydrogen) atoms. The molecule has 264 valence electrons. The lowest BCUT2D eigenvalue weighted by Gasteiger charge is -2.38. The lowest BCUT2D eigenvalue weighted by molar-refractivity contribution is 0.405. The molecule has 0 atom stereocenters. The largest absolute Gasteiger partial charge is 0.497 e. The summed E-state index contributed by atoms with van der Waals surface area (Å²) in [5.74, 6) is 5.22. The molecule has 0 aromatic heterocycles. The lowest BCUT2D eigenvalue weighted by atomic mass is 9.32. The minimum absolute atomic E-state index is 0.00884. The van der Waals surface area contributed by atoms with E-state index in [4.69, 9.17) is 18.9 Å². The second kappa shape index (κ2) is 10.3. The van der Waals surface area contributed by atoms with E-state index in [0.717, 1.165) is 34.5 Å². The van der Waals surface area contributed by atoms with Crippen molar-refractivity contribution in [3.05, 3.63) is 102 Å². The van der Waals surface area contributed by atoms with E-state index in [1.54, 1.807) is 14.2 Å². The summed E-state index contributed by atoms with van der Waals surface area (Å²) in [6.45, 7) is 14.2. The minimum Gasteiger partial charge on any atom is -0.497 e. The number of hydrogen-bond acceptors (Lipinski definition) is 4. The number of methoxy groups -OCH3 is 2. The number of aryl methyl sites for hydroxylation is 3. The van der Waals surface area contributed by atoms with Crippen LogP contribution >= 0.6 is 0 Å². The third-order valence-corrected chi connectivity index (χ3v) is 15.1. The number of ether oxygens (including phenoxy) is 4. The van der Waals surface area contributed by atoms with Crippen molar-refractivity contribution in [2.75, 3.05) is 14.2 Å². The molecule has 0 N–H and O–H groups in total. The Morgan fingerprint density at radius 1 is 0.473 bits per heavy atom. The molecule has 0 bridgehead atoms. The fourth-order valence-corrected chi connectivity index (χ4v) is 12.3. The molecule has 4 aliphatic heterocycles. The molecule has 8 aromatic carbocycles. The average Bonchev–Trinajstić information content (AvgIpc) is 3.16. The van der Waals surface area contributed by atoms with E-state index in [-0.39, 0.29) is 13.4 Å². The second-order valence-electron chi connectivity index (χ2n) is 17.3. The molecule has 0 fully saturated rings. The molecular formula is C48H38B2O4Si. The molecule has 4 heterocycles. The van der Waals surface area contributed by atoms with Gasteiger partial charge in [0.2, 0.25) is 0 Å². The van der Waals surface area contributed by atoms with Crippen LogP contribution in [0.1, 0.15) is 16.7 Å². The van der Waals surface area contributed by atoms with Crippen molar-refractivity contribution in [1.82, 2.24) is 0 Å². The van der Waals surface area contributed by atoms with Crippen molar-refractivity contribution in [2.45, 2.75) is 40.4 Å². The molecule has 0 saturated heterocycles. The molecule has 8 aromatic rings. The first-order chi connectivity index (χ1) is 26.5. The normalized spacial score (nSPS) is 14.0. The quantitative estimate of drug-likeness (QED) is 0.142. The Morgan fingerprint density at radius 3 is 1.73 bits per heavy atom. The Morgan fingerprint density at radius 2 is 1.04 bits per heavy atom. The minimum atomic E-state index is -1.92. The van der Waals surface area contributed by atoms with E-state index < -0.39 is 8.07 Å². The zero-order chi connectivity index (χ0) is 37.4. The van der Waals surface area contributed by atoms with Gasteiger partial charge < -0.3 is 18.9 Å². The van der Waals surface area contributed by atoms with E-state index >= 15 is 0 Å². The van der Waals surface area contributed by atoms with Crippen LogP contribution in [0.2, 0.25) is 19.6 Å². The van der Waals surface area contributed by atoms with E-state index in [1.165, 1.54) is 109 Å². The topological polar surface area (TPSA) is 36.9 Å². The van der Waals surface area contributed by atoms with Gasteiger partial charge in [0.25, 0.3) is 13.4 Å². The molecule has 12 rings (SSSR count). The first kappa shape index (κ1) is 31.7. The standard InChI is InChI=1S/C48H38B2O4Si/c1-23-9-11-34-38(14-23)53-40-15-24(2)13-31-30-22-42(55(6,7)8)33-21-37-43-29(16-25(3)28-20-36(49(34)47(31)40)44(30)46(33)45(28)43)32-17-27(52-5)19-41-48(32)50(37)35-12-10-26(51-4)18-39(35)54-41/h9-22H,1-8H3. The fraction of sp³-hybridized carbons (Fsp3) is 0.167. The average molecular weight is 729 g/mol. The van der Waals surface area contributed by atoms with Crippen LogP contribution in [-0.2, 0) is 0 Å². The Balaban J connectivity index is 1.30. The zero-order valence-corrected chi connectivity index (χ0v) is 33.4. The molecule has 0 radical (unpaired) electrons. The summed E-state index contributed by atoms with van der Waals surface area (Å²) < 4.78 is 25.2. The second-order valence-corrected chi connectivity index (χ2v) is 22.4. The van der Waals surface area contributed by atoms with Gasteiger partial charge in [0.1, 0.15) is 34.5 Å². The fourth-order valence-electron chi connectivity index (χ4n) is 10.8. The molecule has 7 heteroatoms. The van der Waals surface area contributed by atoms with Gasteiger partial charge in [0, 0.05) is 12.1 Å². The number of fused-ring (bicyclic) bond motifs is 8. The van der Waals surface area contributed by atoms with Gasteiger partial charge in [-0.15, -0.1) is 0 Å². The summed E-state index contributed by atoms with van der Waals surface area (Å²) in [4.78, 5) is 0. The highest BCUT2D eigenvalue weighted by atomic mass is 28.3. The van der Waals surface area contributed by atoms with Crippen LogP contribution in [-0.4, -0.2) is 35.7 Å². The predicted molar refractivity (Wildman–Crippen MR) is 234 cm³/mol. The SMILES string of the molecule is COc1ccc2c(c1)Oc1cc(OC)cc3c1B2c1cc2c([Si](C)(C)C)cc4c5c(cc6c(C)cc-3c1c6c25)B1c2ccc(C)cc2Oc2cc(C)cc-4c21. The van der Waals surface area contributed by atoms with E-state index in [0.29, 0.717) is 0 Å². The monoisotopic (exact) mass is 728 g/mol. The van der Waals surface area contributed by atoms with Crippen LogP contribution in [0.5, 0.6) is 34.5 Å². The van der Waals surface area contributed by atoms with Crippen molar-refractivity contribution < 1.29 is 18.9 Å². The predicted octanol–water partition coefficient (Wildman–Crippen LogP) is 7.28. The van der Waals surface area contributed by atoms with Gasteiger partial charge in [-0.25, -0.2) is 0 Å².